The van der Waals surface area contributed by atoms with Crippen LogP contribution in [0, 0.1) is 0 Å². The lowest BCUT2D eigenvalue weighted by atomic mass is 9.92. The number of rotatable bonds is 10. The van der Waals surface area contributed by atoms with Crippen molar-refractivity contribution in [3.8, 4) is 0 Å². The number of hydrogen-bond acceptors (Lipinski definition) is 8. The van der Waals surface area contributed by atoms with E-state index >= 15 is 0 Å². The topological polar surface area (TPSA) is 94.8 Å². The van der Waals surface area contributed by atoms with Crippen LogP contribution in [0.4, 0.5) is 4.79 Å². The number of nitrogens with zero attached hydrogens (tertiary/aromatic N) is 6. The van der Waals surface area contributed by atoms with Crippen LogP contribution >= 0.6 is 58.2 Å². The second kappa shape index (κ2) is 13.7. The van der Waals surface area contributed by atoms with Crippen molar-refractivity contribution in [1.29, 1.82) is 0 Å². The zero-order valence-corrected chi connectivity index (χ0v) is 26.3. The van der Waals surface area contributed by atoms with E-state index in [9.17, 15) is 14.7 Å². The first-order chi connectivity index (χ1) is 20.1. The lowest BCUT2D eigenvalue weighted by Gasteiger charge is -2.40. The third kappa shape index (κ3) is 7.49. The molecule has 1 unspecified atom stereocenters. The van der Waals surface area contributed by atoms with Gasteiger partial charge in [-0.25, -0.2) is 9.67 Å². The highest BCUT2D eigenvalue weighted by Crippen LogP contribution is 2.35. The molecular formula is C28H28Cl4N6O3S. The van der Waals surface area contributed by atoms with E-state index in [1.54, 1.807) is 53.5 Å². The van der Waals surface area contributed by atoms with E-state index in [0.29, 0.717) is 55.6 Å². The minimum Gasteiger partial charge on any atom is -0.382 e. The average molecular weight is 670 g/mol. The zero-order valence-electron chi connectivity index (χ0n) is 22.4. The molecule has 3 aromatic rings. The first kappa shape index (κ1) is 31.3. The van der Waals surface area contributed by atoms with Crippen LogP contribution in [0.1, 0.15) is 17.5 Å². The van der Waals surface area contributed by atoms with Gasteiger partial charge in [-0.2, -0.15) is 5.10 Å². The van der Waals surface area contributed by atoms with Crippen molar-refractivity contribution in [1.82, 2.24) is 29.5 Å². The van der Waals surface area contributed by atoms with E-state index < -0.39 is 5.60 Å². The Morgan fingerprint density at radius 3 is 2.26 bits per heavy atom. The predicted molar refractivity (Wildman–Crippen MR) is 167 cm³/mol. The Morgan fingerprint density at radius 2 is 1.60 bits per heavy atom. The molecule has 2 aromatic carbocycles. The highest BCUT2D eigenvalue weighted by Gasteiger charge is 2.37. The van der Waals surface area contributed by atoms with Gasteiger partial charge in [-0.1, -0.05) is 58.5 Å². The lowest BCUT2D eigenvalue weighted by molar-refractivity contribution is -0.122. The number of carbonyl (C=O) groups is 2. The van der Waals surface area contributed by atoms with Crippen molar-refractivity contribution >= 4 is 75.4 Å². The number of β-amino-alcohol motifs (C(OH)–C–C–N with tert-alkyl or cyclic N) is 1. The smallest absolute Gasteiger partial charge is 0.293 e. The largest absolute Gasteiger partial charge is 0.382 e. The summed E-state index contributed by atoms with van der Waals surface area (Å²) in [6.07, 6.45) is 5.28. The van der Waals surface area contributed by atoms with Crippen molar-refractivity contribution < 1.29 is 14.7 Å². The molecule has 0 spiro atoms. The summed E-state index contributed by atoms with van der Waals surface area (Å²) in [7, 11) is 0. The third-order valence-electron chi connectivity index (χ3n) is 7.25. The maximum atomic E-state index is 12.9. The molecule has 2 fully saturated rings. The third-order valence-corrected chi connectivity index (χ3v) is 9.27. The number of halogens is 4. The number of amides is 2. The van der Waals surface area contributed by atoms with Gasteiger partial charge in [0.25, 0.3) is 11.1 Å². The fourth-order valence-electron chi connectivity index (χ4n) is 5.12. The Hall–Kier alpha value is -2.15. The van der Waals surface area contributed by atoms with Crippen LogP contribution in [0.3, 0.4) is 0 Å². The van der Waals surface area contributed by atoms with Crippen molar-refractivity contribution in [2.45, 2.75) is 18.6 Å². The van der Waals surface area contributed by atoms with Crippen LogP contribution in [0.2, 0.25) is 20.1 Å². The van der Waals surface area contributed by atoms with Crippen LogP contribution in [-0.4, -0.2) is 91.5 Å². The molecule has 1 aromatic heterocycles. The van der Waals surface area contributed by atoms with Crippen molar-refractivity contribution in [2.75, 3.05) is 45.8 Å². The summed E-state index contributed by atoms with van der Waals surface area (Å²) in [6.45, 7) is 4.64. The first-order valence-electron chi connectivity index (χ1n) is 13.3. The predicted octanol–water partition coefficient (Wildman–Crippen LogP) is 5.52. The van der Waals surface area contributed by atoms with Gasteiger partial charge in [0.15, 0.2) is 0 Å². The number of imide groups is 1. The molecule has 2 aliphatic heterocycles. The van der Waals surface area contributed by atoms with Crippen LogP contribution in [-0.2, 0) is 16.9 Å². The molecule has 5 rings (SSSR count). The summed E-state index contributed by atoms with van der Waals surface area (Å²) in [4.78, 5) is 35.6. The fraction of sp³-hybridized carbons (Fsp3) is 0.357. The number of carbonyl (C=O) groups excluding carboxylic acids is 2. The van der Waals surface area contributed by atoms with Crippen molar-refractivity contribution in [3.05, 3.63) is 85.2 Å². The lowest BCUT2D eigenvalue weighted by Crippen LogP contribution is -2.52. The molecular weight excluding hydrogens is 642 g/mol. The molecule has 9 nitrogen and oxygen atoms in total. The first-order valence-corrected chi connectivity index (χ1v) is 15.6. The number of aromatic nitrogens is 3. The number of thioether (sulfide) groups is 1. The number of aliphatic hydroxyl groups is 1. The molecule has 0 bridgehead atoms. The Balaban J connectivity index is 1.14. The van der Waals surface area contributed by atoms with Gasteiger partial charge >= 0.3 is 0 Å². The average Bonchev–Trinajstić information content (AvgIpc) is 3.54. The van der Waals surface area contributed by atoms with E-state index in [4.69, 9.17) is 46.4 Å². The molecule has 222 valence electrons. The summed E-state index contributed by atoms with van der Waals surface area (Å²) < 4.78 is 1.59. The quantitative estimate of drug-likeness (QED) is 0.282. The summed E-state index contributed by atoms with van der Waals surface area (Å²) >= 11 is 25.7. The number of hydrogen-bond donors (Lipinski definition) is 1. The summed E-state index contributed by atoms with van der Waals surface area (Å²) in [6, 6.07) is 10.1. The highest BCUT2D eigenvalue weighted by molar-refractivity contribution is 8.18. The van der Waals surface area contributed by atoms with Crippen LogP contribution in [0.25, 0.3) is 6.08 Å². The Bertz CT molecular complexity index is 1480. The summed E-state index contributed by atoms with van der Waals surface area (Å²) in [5.74, 6) is -0.312. The summed E-state index contributed by atoms with van der Waals surface area (Å²) in [5.41, 5.74) is -0.0975. The molecule has 42 heavy (non-hydrogen) atoms. The van der Waals surface area contributed by atoms with Gasteiger partial charge in [0, 0.05) is 64.9 Å². The minimum absolute atomic E-state index is 0.186. The molecule has 0 aliphatic carbocycles. The Labute approximate surface area is 268 Å². The van der Waals surface area contributed by atoms with E-state index in [-0.39, 0.29) is 17.7 Å². The minimum atomic E-state index is -1.31. The second-order valence-corrected chi connectivity index (χ2v) is 12.9. The van der Waals surface area contributed by atoms with Gasteiger partial charge < -0.3 is 10.0 Å². The molecule has 1 atom stereocenters. The van der Waals surface area contributed by atoms with Crippen LogP contribution < -0.4 is 0 Å². The van der Waals surface area contributed by atoms with Crippen molar-refractivity contribution in [3.63, 3.8) is 0 Å². The highest BCUT2D eigenvalue weighted by atomic mass is 35.5. The molecule has 3 heterocycles. The van der Waals surface area contributed by atoms with Crippen molar-refractivity contribution in [2.24, 2.45) is 0 Å². The van der Waals surface area contributed by atoms with E-state index in [2.05, 4.69) is 19.9 Å². The van der Waals surface area contributed by atoms with E-state index in [1.165, 1.54) is 11.2 Å². The standard InChI is InChI=1S/C28H28Cl4N6O3S/c29-20-3-2-19(23(31)13-20)12-25-26(39)38(27(40)42-25)7-1-6-35-8-10-36(11-9-35)15-28(41,16-37-18-33-17-34-37)22-5-4-21(30)14-24(22)32/h2-5,12-14,17-18,41H,1,6-11,15-16H2. The number of benzene rings is 2. The fourth-order valence-corrected chi connectivity index (χ4v) is 7.02. The van der Waals surface area contributed by atoms with Crippen LogP contribution in [0.5, 0.6) is 0 Å². The Morgan fingerprint density at radius 1 is 0.905 bits per heavy atom. The van der Waals surface area contributed by atoms with Gasteiger partial charge in [0.1, 0.15) is 18.3 Å². The van der Waals surface area contributed by atoms with E-state index in [1.807, 2.05) is 0 Å². The van der Waals surface area contributed by atoms with Gasteiger partial charge in [-0.15, -0.1) is 0 Å². The molecule has 1 N–H and O–H groups in total. The second-order valence-electron chi connectivity index (χ2n) is 10.2. The molecule has 0 saturated carbocycles. The van der Waals surface area contributed by atoms with Gasteiger partial charge in [-0.3, -0.25) is 19.4 Å². The zero-order chi connectivity index (χ0) is 29.9. The maximum Gasteiger partial charge on any atom is 0.293 e. The van der Waals surface area contributed by atoms with Crippen LogP contribution in [0.15, 0.2) is 54.0 Å². The van der Waals surface area contributed by atoms with Gasteiger partial charge in [0.05, 0.1) is 11.4 Å². The maximum absolute atomic E-state index is 12.9. The van der Waals surface area contributed by atoms with Gasteiger partial charge in [0.2, 0.25) is 0 Å². The normalized spacial score (nSPS) is 19.2. The number of piperazine rings is 1. The molecule has 0 radical (unpaired) electrons. The molecule has 2 amide bonds. The Kier molecular flexibility index (Phi) is 10.2. The molecule has 2 aliphatic rings. The molecule has 14 heteroatoms. The van der Waals surface area contributed by atoms with Gasteiger partial charge in [-0.05, 0) is 60.6 Å². The monoisotopic (exact) mass is 668 g/mol. The van der Waals surface area contributed by atoms with E-state index in [0.717, 1.165) is 44.5 Å². The SMILES string of the molecule is O=C1SC(=Cc2ccc(Cl)cc2Cl)C(=O)N1CCCN1CCN(CC(O)(Cn2cncn2)c2ccc(Cl)cc2Cl)CC1. The summed E-state index contributed by atoms with van der Waals surface area (Å²) in [5, 5.41) is 17.5. The molecule has 2 saturated heterocycles.